The molecule has 152 valence electrons. The van der Waals surface area contributed by atoms with Crippen LogP contribution in [-0.4, -0.2) is 42.0 Å². The Bertz CT molecular complexity index is 1110. The molecule has 2 heterocycles. The Morgan fingerprint density at radius 3 is 2.50 bits per heavy atom. The molecule has 1 aromatic heterocycles. The van der Waals surface area contributed by atoms with Crippen LogP contribution < -0.4 is 4.90 Å². The van der Waals surface area contributed by atoms with Gasteiger partial charge in [0, 0.05) is 16.6 Å². The third kappa shape index (κ3) is 4.19. The Balaban J connectivity index is 1.38. The number of carbonyl (C=O) groups excluding carboxylic acids is 1. The van der Waals surface area contributed by atoms with Gasteiger partial charge in [0.1, 0.15) is 6.54 Å². The van der Waals surface area contributed by atoms with Crippen LogP contribution in [0.5, 0.6) is 0 Å². The van der Waals surface area contributed by atoms with Crippen molar-refractivity contribution in [3.05, 3.63) is 76.5 Å². The van der Waals surface area contributed by atoms with Crippen molar-refractivity contribution < 1.29 is 9.69 Å². The molecular weight excluding hydrogens is 372 g/mol. The minimum absolute atomic E-state index is 0.190. The number of para-hydroxylation sites is 1. The second-order valence-electron chi connectivity index (χ2n) is 8.11. The summed E-state index contributed by atoms with van der Waals surface area (Å²) < 4.78 is 0. The lowest BCUT2D eigenvalue weighted by Crippen LogP contribution is -3.13. The highest BCUT2D eigenvalue weighted by Gasteiger charge is 2.25. The lowest BCUT2D eigenvalue weighted by Gasteiger charge is -2.32. The summed E-state index contributed by atoms with van der Waals surface area (Å²) in [5.74, 6) is 0.190. The number of pyridine rings is 1. The van der Waals surface area contributed by atoms with Gasteiger partial charge in [-0.25, -0.2) is 0 Å². The molecule has 0 radical (unpaired) electrons. The van der Waals surface area contributed by atoms with E-state index >= 15 is 0 Å². The third-order valence-corrected chi connectivity index (χ3v) is 6.17. The molecule has 1 amide bonds. The van der Waals surface area contributed by atoms with E-state index in [1.165, 1.54) is 10.5 Å². The summed E-state index contributed by atoms with van der Waals surface area (Å²) in [5, 5.41) is 10.1. The summed E-state index contributed by atoms with van der Waals surface area (Å²) in [6.07, 6.45) is 0.417. The Kier molecular flexibility index (Phi) is 5.78. The molecule has 2 aromatic carbocycles. The molecule has 0 saturated carbocycles. The van der Waals surface area contributed by atoms with Crippen LogP contribution in [-0.2, 0) is 17.8 Å². The van der Waals surface area contributed by atoms with Gasteiger partial charge in [-0.15, -0.1) is 0 Å². The van der Waals surface area contributed by atoms with Crippen LogP contribution in [0.2, 0.25) is 0 Å². The number of quaternary nitrogens is 1. The molecule has 4 rings (SSSR count). The zero-order valence-corrected chi connectivity index (χ0v) is 17.6. The first-order valence-electron chi connectivity index (χ1n) is 10.5. The number of hydrogen-bond donors (Lipinski definition) is 1. The Morgan fingerprint density at radius 2 is 1.80 bits per heavy atom. The quantitative estimate of drug-likeness (QED) is 0.732. The van der Waals surface area contributed by atoms with Gasteiger partial charge in [0.25, 0.3) is 0 Å². The number of nitriles is 1. The molecule has 0 unspecified atom stereocenters. The van der Waals surface area contributed by atoms with Crippen LogP contribution >= 0.6 is 0 Å². The van der Waals surface area contributed by atoms with Gasteiger partial charge in [-0.05, 0) is 43.2 Å². The lowest BCUT2D eigenvalue weighted by molar-refractivity contribution is -0.917. The molecule has 0 atom stereocenters. The topological polar surface area (TPSA) is 61.4 Å². The Hall–Kier alpha value is -3.23. The van der Waals surface area contributed by atoms with Crippen LogP contribution in [0.25, 0.3) is 10.9 Å². The maximum Gasteiger partial charge on any atom is 0.227 e. The van der Waals surface area contributed by atoms with E-state index in [9.17, 15) is 4.79 Å². The zero-order chi connectivity index (χ0) is 21.1. The van der Waals surface area contributed by atoms with Gasteiger partial charge >= 0.3 is 0 Å². The van der Waals surface area contributed by atoms with E-state index in [1.807, 2.05) is 54.3 Å². The van der Waals surface area contributed by atoms with Crippen LogP contribution in [0.15, 0.2) is 48.5 Å². The summed E-state index contributed by atoms with van der Waals surface area (Å²) >= 11 is 0. The maximum absolute atomic E-state index is 13.0. The minimum atomic E-state index is 0.190. The number of hydrogen-bond acceptors (Lipinski definition) is 3. The van der Waals surface area contributed by atoms with Crippen molar-refractivity contribution in [2.45, 2.75) is 26.8 Å². The number of nitrogens with zero attached hydrogens (tertiary/aromatic N) is 3. The van der Waals surface area contributed by atoms with Crippen molar-refractivity contribution in [2.75, 3.05) is 26.2 Å². The van der Waals surface area contributed by atoms with Crippen molar-refractivity contribution in [2.24, 2.45) is 0 Å². The first-order chi connectivity index (χ1) is 14.5. The zero-order valence-electron chi connectivity index (χ0n) is 17.6. The Labute approximate surface area is 177 Å². The van der Waals surface area contributed by atoms with Crippen molar-refractivity contribution in [3.8, 4) is 6.07 Å². The van der Waals surface area contributed by atoms with Crippen molar-refractivity contribution in [1.29, 1.82) is 5.26 Å². The summed E-state index contributed by atoms with van der Waals surface area (Å²) in [6.45, 7) is 8.48. The van der Waals surface area contributed by atoms with Gasteiger partial charge < -0.3 is 9.80 Å². The van der Waals surface area contributed by atoms with Gasteiger partial charge in [-0.2, -0.15) is 5.26 Å². The van der Waals surface area contributed by atoms with E-state index in [0.29, 0.717) is 12.0 Å². The van der Waals surface area contributed by atoms with Crippen molar-refractivity contribution in [3.63, 3.8) is 0 Å². The molecule has 5 nitrogen and oxygen atoms in total. The fourth-order valence-electron chi connectivity index (χ4n) is 4.33. The molecular formula is C25H27N4O+. The van der Waals surface area contributed by atoms with Crippen LogP contribution in [0.1, 0.15) is 27.9 Å². The standard InChI is InChI=1S/C25H26N4O/c1-18-22-5-3-4-6-24(22)27-19(2)23(18)15-25(30)29-13-11-28(12-14-29)17-21-9-7-20(16-26)8-10-21/h3-10H,11-15,17H2,1-2H3/p+1. The fraction of sp³-hybridized carbons (Fsp3) is 0.320. The number of rotatable bonds is 4. The smallest absolute Gasteiger partial charge is 0.227 e. The largest absolute Gasteiger partial charge is 0.331 e. The van der Waals surface area contributed by atoms with E-state index in [1.54, 1.807) is 0 Å². The summed E-state index contributed by atoms with van der Waals surface area (Å²) in [7, 11) is 0. The maximum atomic E-state index is 13.0. The average Bonchev–Trinajstić information content (AvgIpc) is 2.77. The van der Waals surface area contributed by atoms with Crippen LogP contribution in [0, 0.1) is 25.2 Å². The van der Waals surface area contributed by atoms with Gasteiger partial charge in [0.05, 0.1) is 49.7 Å². The van der Waals surface area contributed by atoms with E-state index in [0.717, 1.165) is 60.4 Å². The molecule has 1 N–H and O–H groups in total. The van der Waals surface area contributed by atoms with Gasteiger partial charge in [0.15, 0.2) is 0 Å². The number of benzene rings is 2. The second kappa shape index (κ2) is 8.64. The van der Waals surface area contributed by atoms with Gasteiger partial charge in [-0.3, -0.25) is 9.78 Å². The predicted octanol–water partition coefficient (Wildman–Crippen LogP) is 2.19. The minimum Gasteiger partial charge on any atom is -0.331 e. The van der Waals surface area contributed by atoms with Crippen molar-refractivity contribution in [1.82, 2.24) is 9.88 Å². The lowest BCUT2D eigenvalue weighted by atomic mass is 9.99. The molecule has 0 aliphatic carbocycles. The molecule has 1 fully saturated rings. The molecule has 3 aromatic rings. The summed E-state index contributed by atoms with van der Waals surface area (Å²) in [6, 6.07) is 18.1. The highest BCUT2D eigenvalue weighted by molar-refractivity contribution is 5.86. The number of carbonyl (C=O) groups is 1. The summed E-state index contributed by atoms with van der Waals surface area (Å²) in [4.78, 5) is 21.2. The molecule has 1 aliphatic rings. The van der Waals surface area contributed by atoms with Crippen LogP contribution in [0.3, 0.4) is 0 Å². The van der Waals surface area contributed by atoms with Crippen LogP contribution in [0.4, 0.5) is 0 Å². The molecule has 1 aliphatic heterocycles. The predicted molar refractivity (Wildman–Crippen MR) is 117 cm³/mol. The molecule has 0 bridgehead atoms. The number of amides is 1. The Morgan fingerprint density at radius 1 is 1.10 bits per heavy atom. The molecule has 1 saturated heterocycles. The highest BCUT2D eigenvalue weighted by atomic mass is 16.2. The second-order valence-corrected chi connectivity index (χ2v) is 8.11. The molecule has 0 spiro atoms. The SMILES string of the molecule is Cc1nc2ccccc2c(C)c1CC(=O)N1CC[NH+](Cc2ccc(C#N)cc2)CC1. The number of aryl methyl sites for hydroxylation is 2. The van der Waals surface area contributed by atoms with Gasteiger partial charge in [-0.1, -0.05) is 30.3 Å². The third-order valence-electron chi connectivity index (χ3n) is 6.17. The monoisotopic (exact) mass is 399 g/mol. The fourth-order valence-corrected chi connectivity index (χ4v) is 4.33. The number of aromatic nitrogens is 1. The van der Waals surface area contributed by atoms with E-state index < -0.39 is 0 Å². The van der Waals surface area contributed by atoms with Gasteiger partial charge in [0.2, 0.25) is 5.91 Å². The average molecular weight is 400 g/mol. The highest BCUT2D eigenvalue weighted by Crippen LogP contribution is 2.23. The summed E-state index contributed by atoms with van der Waals surface area (Å²) in [5.41, 5.74) is 6.09. The van der Waals surface area contributed by atoms with E-state index in [-0.39, 0.29) is 5.91 Å². The number of piperazine rings is 1. The number of fused-ring (bicyclic) bond motifs is 1. The first kappa shape index (κ1) is 20.1. The molecule has 30 heavy (non-hydrogen) atoms. The van der Waals surface area contributed by atoms with Crippen molar-refractivity contribution >= 4 is 16.8 Å². The normalized spacial score (nSPS) is 14.6. The first-order valence-corrected chi connectivity index (χ1v) is 10.5. The van der Waals surface area contributed by atoms with E-state index in [2.05, 4.69) is 19.1 Å². The van der Waals surface area contributed by atoms with E-state index in [4.69, 9.17) is 10.2 Å². The molecule has 5 heteroatoms. The number of nitrogens with one attached hydrogen (secondary N) is 1.